The second-order valence-corrected chi connectivity index (χ2v) is 3.70. The normalized spacial score (nSPS) is 14.7. The van der Waals surface area contributed by atoms with Crippen LogP contribution >= 0.6 is 0 Å². The Morgan fingerprint density at radius 2 is 2.13 bits per heavy atom. The van der Waals surface area contributed by atoms with E-state index in [2.05, 4.69) is 4.98 Å². The Morgan fingerprint density at radius 3 is 2.60 bits per heavy atom. The van der Waals surface area contributed by atoms with Gasteiger partial charge in [-0.2, -0.15) is 0 Å². The molecule has 0 aliphatic rings. The molecule has 0 aliphatic carbocycles. The third-order valence-corrected chi connectivity index (χ3v) is 2.39. The molecule has 0 amide bonds. The number of rotatable bonds is 3. The van der Waals surface area contributed by atoms with Crippen LogP contribution < -0.4 is 0 Å². The van der Waals surface area contributed by atoms with Crippen molar-refractivity contribution < 1.29 is 10.0 Å². The van der Waals surface area contributed by atoms with E-state index in [1.54, 1.807) is 27.0 Å². The van der Waals surface area contributed by atoms with Crippen molar-refractivity contribution in [2.45, 2.75) is 32.8 Å². The van der Waals surface area contributed by atoms with Crippen LogP contribution in [0.25, 0.3) is 0 Å². The zero-order chi connectivity index (χ0) is 11.6. The van der Waals surface area contributed by atoms with Crippen molar-refractivity contribution >= 4 is 5.69 Å². The number of aliphatic hydroxyl groups is 1. The van der Waals surface area contributed by atoms with Gasteiger partial charge in [0.05, 0.1) is 11.0 Å². The van der Waals surface area contributed by atoms with Crippen molar-refractivity contribution in [2.24, 2.45) is 0 Å². The highest BCUT2D eigenvalue weighted by molar-refractivity contribution is 5.39. The number of nitrogens with zero attached hydrogens (tertiary/aromatic N) is 2. The lowest BCUT2D eigenvalue weighted by atomic mass is 9.99. The van der Waals surface area contributed by atoms with Crippen LogP contribution in [0.4, 0.5) is 5.69 Å². The van der Waals surface area contributed by atoms with Crippen LogP contribution in [0.3, 0.4) is 0 Å². The summed E-state index contributed by atoms with van der Waals surface area (Å²) in [4.78, 5) is 14.3. The summed E-state index contributed by atoms with van der Waals surface area (Å²) in [6, 6.07) is 1.47. The molecule has 0 saturated carbocycles. The summed E-state index contributed by atoms with van der Waals surface area (Å²) in [6.07, 6.45) is 0.917. The molecule has 0 fully saturated rings. The molecule has 1 aromatic rings. The van der Waals surface area contributed by atoms with Gasteiger partial charge >= 0.3 is 0 Å². The van der Waals surface area contributed by atoms with Crippen molar-refractivity contribution in [1.29, 1.82) is 0 Å². The van der Waals surface area contributed by atoms with E-state index in [4.69, 9.17) is 0 Å². The molecule has 0 aromatic carbocycles. The zero-order valence-electron chi connectivity index (χ0n) is 8.97. The molecule has 1 rings (SSSR count). The summed E-state index contributed by atoms with van der Waals surface area (Å²) < 4.78 is 0. The Kier molecular flexibility index (Phi) is 3.36. The summed E-state index contributed by atoms with van der Waals surface area (Å²) >= 11 is 0. The monoisotopic (exact) mass is 210 g/mol. The molecule has 0 aliphatic heterocycles. The van der Waals surface area contributed by atoms with Gasteiger partial charge in [0.1, 0.15) is 5.69 Å². The average Bonchev–Trinajstić information content (AvgIpc) is 2.16. The molecule has 15 heavy (non-hydrogen) atoms. The van der Waals surface area contributed by atoms with E-state index in [9.17, 15) is 15.2 Å². The Balaban J connectivity index is 3.22. The van der Waals surface area contributed by atoms with E-state index >= 15 is 0 Å². The third kappa shape index (κ3) is 2.50. The zero-order valence-corrected chi connectivity index (χ0v) is 8.97. The molecule has 1 heterocycles. The fraction of sp³-hybridized carbons (Fsp3) is 0.500. The summed E-state index contributed by atoms with van der Waals surface area (Å²) in [5, 5.41) is 20.2. The van der Waals surface area contributed by atoms with Gasteiger partial charge in [-0.15, -0.1) is 0 Å². The fourth-order valence-electron chi connectivity index (χ4n) is 1.29. The molecule has 82 valence electrons. The fourth-order valence-corrected chi connectivity index (χ4v) is 1.29. The van der Waals surface area contributed by atoms with Crippen LogP contribution in [0.1, 0.15) is 31.0 Å². The topological polar surface area (TPSA) is 76.3 Å². The molecule has 0 radical (unpaired) electrons. The Labute approximate surface area is 87.9 Å². The quantitative estimate of drug-likeness (QED) is 0.609. The lowest BCUT2D eigenvalue weighted by molar-refractivity contribution is -0.386. The minimum absolute atomic E-state index is 0.0246. The first-order valence-electron chi connectivity index (χ1n) is 4.72. The van der Waals surface area contributed by atoms with E-state index in [1.165, 1.54) is 6.07 Å². The van der Waals surface area contributed by atoms with E-state index in [0.29, 0.717) is 5.69 Å². The lowest BCUT2D eigenvalue weighted by Crippen LogP contribution is -2.14. The Morgan fingerprint density at radius 1 is 1.53 bits per heavy atom. The lowest BCUT2D eigenvalue weighted by Gasteiger charge is -2.13. The van der Waals surface area contributed by atoms with Crippen LogP contribution in [0, 0.1) is 17.0 Å². The number of hydrogen-bond acceptors (Lipinski definition) is 4. The molecule has 2 atom stereocenters. The molecule has 0 saturated heterocycles. The van der Waals surface area contributed by atoms with Gasteiger partial charge in [0.25, 0.3) is 5.69 Å². The number of pyridine rings is 1. The Hall–Kier alpha value is -1.49. The predicted octanol–water partition coefficient (Wildman–Crippen LogP) is 1.78. The summed E-state index contributed by atoms with van der Waals surface area (Å²) in [7, 11) is 0. The molecule has 5 nitrogen and oxygen atoms in total. The van der Waals surface area contributed by atoms with Gasteiger partial charge in [0.2, 0.25) is 0 Å². The van der Waals surface area contributed by atoms with E-state index in [0.717, 1.165) is 5.56 Å². The van der Waals surface area contributed by atoms with E-state index < -0.39 is 11.0 Å². The van der Waals surface area contributed by atoms with Crippen LogP contribution in [0.15, 0.2) is 12.3 Å². The summed E-state index contributed by atoms with van der Waals surface area (Å²) in [5.74, 6) is -0.342. The van der Waals surface area contributed by atoms with Gasteiger partial charge in [-0.05, 0) is 19.4 Å². The van der Waals surface area contributed by atoms with Crippen molar-refractivity contribution in [2.75, 3.05) is 0 Å². The van der Waals surface area contributed by atoms with Crippen molar-refractivity contribution in [1.82, 2.24) is 4.98 Å². The number of hydrogen-bond donors (Lipinski definition) is 1. The first-order valence-corrected chi connectivity index (χ1v) is 4.72. The molecule has 1 N–H and O–H groups in total. The molecule has 0 bridgehead atoms. The average molecular weight is 210 g/mol. The minimum atomic E-state index is -0.654. The standard InChI is InChI=1S/C10H14N2O3/c1-6-4-9(12(14)15)10(11-5-6)7(2)8(3)13/h4-5,7-8,13H,1-3H3. The van der Waals surface area contributed by atoms with Crippen molar-refractivity contribution in [3.63, 3.8) is 0 Å². The van der Waals surface area contributed by atoms with Gasteiger partial charge in [0.15, 0.2) is 0 Å². The van der Waals surface area contributed by atoms with Crippen molar-refractivity contribution in [3.05, 3.63) is 33.6 Å². The summed E-state index contributed by atoms with van der Waals surface area (Å²) in [6.45, 7) is 5.06. The number of aryl methyl sites for hydroxylation is 1. The first kappa shape index (κ1) is 11.6. The largest absolute Gasteiger partial charge is 0.393 e. The van der Waals surface area contributed by atoms with Crippen LogP contribution in [-0.4, -0.2) is 21.1 Å². The van der Waals surface area contributed by atoms with E-state index in [1.807, 2.05) is 0 Å². The van der Waals surface area contributed by atoms with Gasteiger partial charge in [0, 0.05) is 18.2 Å². The minimum Gasteiger partial charge on any atom is -0.393 e. The highest BCUT2D eigenvalue weighted by atomic mass is 16.6. The van der Waals surface area contributed by atoms with Gasteiger partial charge in [-0.1, -0.05) is 6.92 Å². The number of nitro groups is 1. The Bertz CT molecular complexity index is 377. The third-order valence-electron chi connectivity index (χ3n) is 2.39. The second-order valence-electron chi connectivity index (χ2n) is 3.70. The predicted molar refractivity (Wildman–Crippen MR) is 55.7 cm³/mol. The number of aromatic nitrogens is 1. The second kappa shape index (κ2) is 4.35. The first-order chi connectivity index (χ1) is 6.93. The summed E-state index contributed by atoms with van der Waals surface area (Å²) in [5.41, 5.74) is 1.05. The number of aliphatic hydroxyl groups excluding tert-OH is 1. The highest BCUT2D eigenvalue weighted by Gasteiger charge is 2.23. The van der Waals surface area contributed by atoms with Crippen LogP contribution in [0.2, 0.25) is 0 Å². The van der Waals surface area contributed by atoms with Gasteiger partial charge in [-0.25, -0.2) is 0 Å². The molecule has 2 unspecified atom stereocenters. The van der Waals surface area contributed by atoms with Crippen molar-refractivity contribution in [3.8, 4) is 0 Å². The maximum absolute atomic E-state index is 10.8. The SMILES string of the molecule is Cc1cnc(C(C)C(C)O)c([N+](=O)[O-])c1. The van der Waals surface area contributed by atoms with Gasteiger partial charge < -0.3 is 5.11 Å². The van der Waals surface area contributed by atoms with E-state index in [-0.39, 0.29) is 11.6 Å². The van der Waals surface area contributed by atoms with Crippen LogP contribution in [-0.2, 0) is 0 Å². The highest BCUT2D eigenvalue weighted by Crippen LogP contribution is 2.27. The molecule has 5 heteroatoms. The smallest absolute Gasteiger partial charge is 0.291 e. The molecule has 1 aromatic heterocycles. The maximum atomic E-state index is 10.8. The van der Waals surface area contributed by atoms with Gasteiger partial charge in [-0.3, -0.25) is 15.1 Å². The molecular weight excluding hydrogens is 196 g/mol. The maximum Gasteiger partial charge on any atom is 0.291 e. The molecular formula is C10H14N2O3. The van der Waals surface area contributed by atoms with Crippen LogP contribution in [0.5, 0.6) is 0 Å². The molecule has 0 spiro atoms.